The number of amides is 2. The predicted molar refractivity (Wildman–Crippen MR) is 70.7 cm³/mol. The number of nitrogens with zero attached hydrogens (tertiary/aromatic N) is 2. The van der Waals surface area contributed by atoms with E-state index in [2.05, 4.69) is 0 Å². The van der Waals surface area contributed by atoms with Crippen molar-refractivity contribution in [2.24, 2.45) is 0 Å². The van der Waals surface area contributed by atoms with Gasteiger partial charge < -0.3 is 14.2 Å². The Balaban J connectivity index is 1.89. The molecule has 0 unspecified atom stereocenters. The fraction of sp³-hybridized carbons (Fsp3) is 0.571. The van der Waals surface area contributed by atoms with E-state index in [0.717, 1.165) is 25.9 Å². The molecule has 1 aromatic rings. The molecule has 0 spiro atoms. The van der Waals surface area contributed by atoms with Crippen molar-refractivity contribution in [2.75, 3.05) is 26.7 Å². The second-order valence-electron chi connectivity index (χ2n) is 4.93. The SMILES string of the molecule is CN(CC(=O)N1CCCCCC1)C(=O)c1ccco1. The van der Waals surface area contributed by atoms with E-state index in [1.54, 1.807) is 19.2 Å². The largest absolute Gasteiger partial charge is 0.459 e. The Morgan fingerprint density at radius 3 is 2.53 bits per heavy atom. The number of carbonyl (C=O) groups excluding carboxylic acids is 2. The van der Waals surface area contributed by atoms with E-state index in [0.29, 0.717) is 0 Å². The molecular weight excluding hydrogens is 244 g/mol. The third kappa shape index (κ3) is 3.59. The van der Waals surface area contributed by atoms with Crippen LogP contribution in [0.2, 0.25) is 0 Å². The Morgan fingerprint density at radius 2 is 1.95 bits per heavy atom. The fourth-order valence-electron chi connectivity index (χ4n) is 2.28. The van der Waals surface area contributed by atoms with Gasteiger partial charge in [-0.25, -0.2) is 0 Å². The molecule has 2 heterocycles. The van der Waals surface area contributed by atoms with Crippen LogP contribution in [0.15, 0.2) is 22.8 Å². The van der Waals surface area contributed by atoms with Crippen molar-refractivity contribution in [3.8, 4) is 0 Å². The number of carbonyl (C=O) groups is 2. The zero-order valence-corrected chi connectivity index (χ0v) is 11.3. The van der Waals surface area contributed by atoms with Crippen molar-refractivity contribution in [2.45, 2.75) is 25.7 Å². The van der Waals surface area contributed by atoms with Gasteiger partial charge in [-0.3, -0.25) is 9.59 Å². The molecule has 0 atom stereocenters. The third-order valence-electron chi connectivity index (χ3n) is 3.41. The summed E-state index contributed by atoms with van der Waals surface area (Å²) in [5, 5.41) is 0. The van der Waals surface area contributed by atoms with E-state index >= 15 is 0 Å². The van der Waals surface area contributed by atoms with Crippen LogP contribution in [0, 0.1) is 0 Å². The predicted octanol–water partition coefficient (Wildman–Crippen LogP) is 1.75. The molecule has 2 rings (SSSR count). The maximum absolute atomic E-state index is 12.1. The zero-order valence-electron chi connectivity index (χ0n) is 11.3. The molecule has 104 valence electrons. The molecule has 0 aromatic carbocycles. The second-order valence-corrected chi connectivity index (χ2v) is 4.93. The number of rotatable bonds is 3. The van der Waals surface area contributed by atoms with E-state index in [1.165, 1.54) is 24.0 Å². The van der Waals surface area contributed by atoms with E-state index < -0.39 is 0 Å². The van der Waals surface area contributed by atoms with Crippen LogP contribution in [0.4, 0.5) is 0 Å². The summed E-state index contributed by atoms with van der Waals surface area (Å²) in [7, 11) is 1.63. The highest BCUT2D eigenvalue weighted by Crippen LogP contribution is 2.10. The summed E-state index contributed by atoms with van der Waals surface area (Å²) >= 11 is 0. The zero-order chi connectivity index (χ0) is 13.7. The molecule has 0 aliphatic carbocycles. The van der Waals surface area contributed by atoms with E-state index in [4.69, 9.17) is 4.42 Å². The van der Waals surface area contributed by atoms with Gasteiger partial charge in [-0.15, -0.1) is 0 Å². The second kappa shape index (κ2) is 6.41. The lowest BCUT2D eigenvalue weighted by Crippen LogP contribution is -2.41. The maximum atomic E-state index is 12.1. The average Bonchev–Trinajstić information content (AvgIpc) is 2.79. The van der Waals surface area contributed by atoms with Gasteiger partial charge in [-0.1, -0.05) is 12.8 Å². The number of furan rings is 1. The summed E-state index contributed by atoms with van der Waals surface area (Å²) in [5.74, 6) is 0.0312. The molecule has 1 aliphatic rings. The first-order valence-corrected chi connectivity index (χ1v) is 6.75. The van der Waals surface area contributed by atoms with Gasteiger partial charge in [0.25, 0.3) is 5.91 Å². The molecule has 5 heteroatoms. The molecular formula is C14H20N2O3. The van der Waals surface area contributed by atoms with Gasteiger partial charge in [0.15, 0.2) is 5.76 Å². The lowest BCUT2D eigenvalue weighted by atomic mass is 10.2. The Bertz CT molecular complexity index is 420. The number of hydrogen-bond donors (Lipinski definition) is 0. The Morgan fingerprint density at radius 1 is 1.26 bits per heavy atom. The highest BCUT2D eigenvalue weighted by molar-refractivity contribution is 5.94. The molecule has 0 N–H and O–H groups in total. The van der Waals surface area contributed by atoms with Crippen molar-refractivity contribution in [3.05, 3.63) is 24.2 Å². The van der Waals surface area contributed by atoms with Crippen molar-refractivity contribution >= 4 is 11.8 Å². The molecule has 19 heavy (non-hydrogen) atoms. The first-order valence-electron chi connectivity index (χ1n) is 6.75. The van der Waals surface area contributed by atoms with Crippen molar-refractivity contribution in [3.63, 3.8) is 0 Å². The van der Waals surface area contributed by atoms with Crippen LogP contribution < -0.4 is 0 Å². The van der Waals surface area contributed by atoms with Crippen LogP contribution in [0.25, 0.3) is 0 Å². The van der Waals surface area contributed by atoms with Crippen LogP contribution >= 0.6 is 0 Å². The number of hydrogen-bond acceptors (Lipinski definition) is 3. The van der Waals surface area contributed by atoms with Gasteiger partial charge in [-0.05, 0) is 25.0 Å². The Labute approximate surface area is 113 Å². The van der Waals surface area contributed by atoms with Crippen LogP contribution in [-0.4, -0.2) is 48.3 Å². The smallest absolute Gasteiger partial charge is 0.289 e. The van der Waals surface area contributed by atoms with Crippen LogP contribution in [-0.2, 0) is 4.79 Å². The van der Waals surface area contributed by atoms with Gasteiger partial charge in [0.2, 0.25) is 5.91 Å². The molecule has 0 bridgehead atoms. The minimum Gasteiger partial charge on any atom is -0.459 e. The summed E-state index contributed by atoms with van der Waals surface area (Å²) < 4.78 is 5.05. The number of likely N-dealkylation sites (tertiary alicyclic amines) is 1. The molecule has 0 radical (unpaired) electrons. The normalized spacial score (nSPS) is 15.9. The molecule has 1 saturated heterocycles. The first-order chi connectivity index (χ1) is 9.18. The van der Waals surface area contributed by atoms with E-state index in [1.807, 2.05) is 4.90 Å². The monoisotopic (exact) mass is 264 g/mol. The van der Waals surface area contributed by atoms with Gasteiger partial charge in [0, 0.05) is 20.1 Å². The maximum Gasteiger partial charge on any atom is 0.289 e. The van der Waals surface area contributed by atoms with Crippen LogP contribution in [0.5, 0.6) is 0 Å². The van der Waals surface area contributed by atoms with Crippen molar-refractivity contribution < 1.29 is 14.0 Å². The van der Waals surface area contributed by atoms with Gasteiger partial charge >= 0.3 is 0 Å². The van der Waals surface area contributed by atoms with Crippen LogP contribution in [0.3, 0.4) is 0 Å². The molecule has 0 saturated carbocycles. The molecule has 1 aromatic heterocycles. The standard InChI is InChI=1S/C14H20N2O3/c1-15(14(18)12-7-6-10-19-12)11-13(17)16-8-4-2-3-5-9-16/h6-7,10H,2-5,8-9,11H2,1H3. The molecule has 1 fully saturated rings. The minimum atomic E-state index is -0.256. The van der Waals surface area contributed by atoms with Gasteiger partial charge in [0.05, 0.1) is 12.8 Å². The van der Waals surface area contributed by atoms with Gasteiger partial charge in [-0.2, -0.15) is 0 Å². The van der Waals surface area contributed by atoms with E-state index in [9.17, 15) is 9.59 Å². The van der Waals surface area contributed by atoms with Crippen molar-refractivity contribution in [1.29, 1.82) is 0 Å². The number of likely N-dealkylation sites (N-methyl/N-ethyl adjacent to an activating group) is 1. The van der Waals surface area contributed by atoms with E-state index in [-0.39, 0.29) is 24.1 Å². The first kappa shape index (κ1) is 13.6. The Hall–Kier alpha value is -1.78. The fourth-order valence-corrected chi connectivity index (χ4v) is 2.28. The topological polar surface area (TPSA) is 53.8 Å². The quantitative estimate of drug-likeness (QED) is 0.835. The summed E-state index contributed by atoms with van der Waals surface area (Å²) in [6, 6.07) is 3.27. The summed E-state index contributed by atoms with van der Waals surface area (Å²) in [4.78, 5) is 27.4. The highest BCUT2D eigenvalue weighted by atomic mass is 16.3. The van der Waals surface area contributed by atoms with Crippen LogP contribution in [0.1, 0.15) is 36.2 Å². The summed E-state index contributed by atoms with van der Waals surface area (Å²) in [6.45, 7) is 1.72. The molecule has 1 aliphatic heterocycles. The summed E-state index contributed by atoms with van der Waals surface area (Å²) in [6.07, 6.45) is 5.94. The lowest BCUT2D eigenvalue weighted by Gasteiger charge is -2.23. The summed E-state index contributed by atoms with van der Waals surface area (Å²) in [5.41, 5.74) is 0. The average molecular weight is 264 g/mol. The minimum absolute atomic E-state index is 0.0179. The molecule has 2 amide bonds. The highest BCUT2D eigenvalue weighted by Gasteiger charge is 2.21. The lowest BCUT2D eigenvalue weighted by molar-refractivity contribution is -0.131. The third-order valence-corrected chi connectivity index (χ3v) is 3.41. The Kier molecular flexibility index (Phi) is 4.60. The van der Waals surface area contributed by atoms with Gasteiger partial charge in [0.1, 0.15) is 0 Å². The molecule has 5 nitrogen and oxygen atoms in total. The van der Waals surface area contributed by atoms with Crippen molar-refractivity contribution in [1.82, 2.24) is 9.80 Å².